The Morgan fingerprint density at radius 2 is 2.00 bits per heavy atom. The van der Waals surface area contributed by atoms with E-state index in [-0.39, 0.29) is 0 Å². The van der Waals surface area contributed by atoms with Gasteiger partial charge in [0.15, 0.2) is 0 Å². The number of pyridine rings is 1. The molecular formula is C14H12F3N5. The number of halogens is 3. The largest absolute Gasteiger partial charge is 0.416 e. The fraction of sp³-hybridized carbons (Fsp3) is 0.214. The van der Waals surface area contributed by atoms with E-state index in [0.29, 0.717) is 23.3 Å². The molecule has 0 saturated heterocycles. The minimum Gasteiger partial charge on any atom is -0.366 e. The second-order valence-electron chi connectivity index (χ2n) is 4.85. The molecule has 1 N–H and O–H groups in total. The maximum atomic E-state index is 12.8. The number of nitrogens with zero attached hydrogens (tertiary/aromatic N) is 4. The Kier molecular flexibility index (Phi) is 3.44. The van der Waals surface area contributed by atoms with Crippen LogP contribution in [0.4, 0.5) is 18.9 Å². The van der Waals surface area contributed by atoms with Gasteiger partial charge in [-0.25, -0.2) is 4.98 Å². The fourth-order valence-corrected chi connectivity index (χ4v) is 2.26. The Morgan fingerprint density at radius 3 is 2.68 bits per heavy atom. The average molecular weight is 307 g/mol. The van der Waals surface area contributed by atoms with E-state index in [9.17, 15) is 13.2 Å². The summed E-state index contributed by atoms with van der Waals surface area (Å²) in [6, 6.07) is 5.32. The number of hydrogen-bond acceptors (Lipinski definition) is 4. The number of H-pyrrole nitrogens is 1. The Morgan fingerprint density at radius 1 is 1.18 bits per heavy atom. The first-order valence-electron chi connectivity index (χ1n) is 6.46. The van der Waals surface area contributed by atoms with Crippen LogP contribution in [0.1, 0.15) is 11.4 Å². The zero-order chi connectivity index (χ0) is 15.7. The van der Waals surface area contributed by atoms with Crippen molar-refractivity contribution in [2.24, 2.45) is 0 Å². The van der Waals surface area contributed by atoms with Crippen molar-refractivity contribution >= 4 is 16.6 Å². The molecule has 3 aromatic rings. The van der Waals surface area contributed by atoms with Gasteiger partial charge in [0.25, 0.3) is 0 Å². The van der Waals surface area contributed by atoms with Crippen LogP contribution in [0.3, 0.4) is 0 Å². The molecule has 3 rings (SSSR count). The highest BCUT2D eigenvalue weighted by Gasteiger charge is 2.30. The fourth-order valence-electron chi connectivity index (χ4n) is 2.26. The van der Waals surface area contributed by atoms with E-state index in [1.54, 1.807) is 6.07 Å². The zero-order valence-electron chi connectivity index (χ0n) is 11.6. The van der Waals surface area contributed by atoms with E-state index < -0.39 is 11.7 Å². The first-order chi connectivity index (χ1) is 10.4. The summed E-state index contributed by atoms with van der Waals surface area (Å²) in [5, 5.41) is 7.17. The molecule has 0 fully saturated rings. The van der Waals surface area contributed by atoms with Gasteiger partial charge in [0.2, 0.25) is 0 Å². The molecule has 0 spiro atoms. The lowest BCUT2D eigenvalue weighted by molar-refractivity contribution is -0.137. The molecule has 0 aliphatic rings. The highest BCUT2D eigenvalue weighted by Crippen LogP contribution is 2.33. The molecule has 0 aliphatic carbocycles. The van der Waals surface area contributed by atoms with Gasteiger partial charge in [-0.1, -0.05) is 6.07 Å². The highest BCUT2D eigenvalue weighted by molar-refractivity contribution is 5.91. The van der Waals surface area contributed by atoms with Gasteiger partial charge < -0.3 is 4.90 Å². The van der Waals surface area contributed by atoms with Crippen LogP contribution in [0.2, 0.25) is 0 Å². The SMILES string of the molecule is CN(Cc1ncn[nH]1)c1ccnc2cc(C(F)(F)F)ccc12. The van der Waals surface area contributed by atoms with E-state index in [2.05, 4.69) is 20.2 Å². The number of aromatic nitrogens is 4. The van der Waals surface area contributed by atoms with Gasteiger partial charge in [0, 0.05) is 24.3 Å². The van der Waals surface area contributed by atoms with Crippen LogP contribution in [-0.2, 0) is 12.7 Å². The summed E-state index contributed by atoms with van der Waals surface area (Å²) >= 11 is 0. The molecular weight excluding hydrogens is 295 g/mol. The van der Waals surface area contributed by atoms with Crippen molar-refractivity contribution in [1.29, 1.82) is 0 Å². The Bertz CT molecular complexity index is 783. The van der Waals surface area contributed by atoms with Gasteiger partial charge in [0.05, 0.1) is 17.6 Å². The Hall–Kier alpha value is -2.64. The van der Waals surface area contributed by atoms with Crippen molar-refractivity contribution in [1.82, 2.24) is 20.2 Å². The van der Waals surface area contributed by atoms with Gasteiger partial charge in [-0.2, -0.15) is 18.3 Å². The number of aromatic amines is 1. The third kappa shape index (κ3) is 2.72. The summed E-state index contributed by atoms with van der Waals surface area (Å²) in [5.41, 5.74) is 0.370. The summed E-state index contributed by atoms with van der Waals surface area (Å²) < 4.78 is 38.3. The van der Waals surface area contributed by atoms with E-state index >= 15 is 0 Å². The molecule has 0 unspecified atom stereocenters. The van der Waals surface area contributed by atoms with Crippen LogP contribution in [-0.4, -0.2) is 27.2 Å². The predicted molar refractivity (Wildman–Crippen MR) is 75.2 cm³/mol. The van der Waals surface area contributed by atoms with Gasteiger partial charge in [0.1, 0.15) is 12.2 Å². The number of rotatable bonds is 3. The molecule has 0 radical (unpaired) electrons. The van der Waals surface area contributed by atoms with Gasteiger partial charge in [-0.3, -0.25) is 10.1 Å². The number of benzene rings is 1. The average Bonchev–Trinajstić information content (AvgIpc) is 2.98. The van der Waals surface area contributed by atoms with Crippen molar-refractivity contribution in [2.75, 3.05) is 11.9 Å². The smallest absolute Gasteiger partial charge is 0.366 e. The van der Waals surface area contributed by atoms with E-state index in [1.807, 2.05) is 11.9 Å². The van der Waals surface area contributed by atoms with Crippen LogP contribution in [0.15, 0.2) is 36.8 Å². The molecule has 114 valence electrons. The normalized spacial score (nSPS) is 11.8. The summed E-state index contributed by atoms with van der Waals surface area (Å²) in [7, 11) is 1.83. The lowest BCUT2D eigenvalue weighted by Crippen LogP contribution is -2.18. The highest BCUT2D eigenvalue weighted by atomic mass is 19.4. The lowest BCUT2D eigenvalue weighted by Gasteiger charge is -2.20. The Balaban J connectivity index is 2.00. The number of hydrogen-bond donors (Lipinski definition) is 1. The molecule has 0 atom stereocenters. The maximum Gasteiger partial charge on any atom is 0.416 e. The van der Waals surface area contributed by atoms with Crippen molar-refractivity contribution in [3.63, 3.8) is 0 Å². The van der Waals surface area contributed by atoms with Crippen molar-refractivity contribution < 1.29 is 13.2 Å². The van der Waals surface area contributed by atoms with E-state index in [4.69, 9.17) is 0 Å². The first kappa shape index (κ1) is 14.3. The molecule has 22 heavy (non-hydrogen) atoms. The third-order valence-electron chi connectivity index (χ3n) is 3.31. The minimum atomic E-state index is -4.38. The number of alkyl halides is 3. The van der Waals surface area contributed by atoms with Crippen molar-refractivity contribution in [3.05, 3.63) is 48.2 Å². The van der Waals surface area contributed by atoms with Crippen LogP contribution >= 0.6 is 0 Å². The van der Waals surface area contributed by atoms with Crippen molar-refractivity contribution in [3.8, 4) is 0 Å². The second-order valence-corrected chi connectivity index (χ2v) is 4.85. The van der Waals surface area contributed by atoms with Crippen LogP contribution in [0.5, 0.6) is 0 Å². The number of anilines is 1. The third-order valence-corrected chi connectivity index (χ3v) is 3.31. The molecule has 5 nitrogen and oxygen atoms in total. The lowest BCUT2D eigenvalue weighted by atomic mass is 10.1. The standard InChI is InChI=1S/C14H12F3N5/c1-22(7-13-19-8-20-21-13)12-4-5-18-11-6-9(14(15,16)17)2-3-10(11)12/h2-6,8H,7H2,1H3,(H,19,20,21). The topological polar surface area (TPSA) is 57.7 Å². The molecule has 0 bridgehead atoms. The molecule has 2 aromatic heterocycles. The summed E-state index contributed by atoms with van der Waals surface area (Å²) in [5.74, 6) is 0.666. The van der Waals surface area contributed by atoms with E-state index in [1.165, 1.54) is 18.6 Å². The van der Waals surface area contributed by atoms with Crippen LogP contribution in [0, 0.1) is 0 Å². The molecule has 2 heterocycles. The molecule has 1 aromatic carbocycles. The summed E-state index contributed by atoms with van der Waals surface area (Å²) in [6.45, 7) is 0.458. The summed E-state index contributed by atoms with van der Waals surface area (Å²) in [6.07, 6.45) is -1.48. The van der Waals surface area contributed by atoms with Crippen LogP contribution in [0.25, 0.3) is 10.9 Å². The van der Waals surface area contributed by atoms with Gasteiger partial charge in [-0.15, -0.1) is 0 Å². The molecule has 0 amide bonds. The number of fused-ring (bicyclic) bond motifs is 1. The van der Waals surface area contributed by atoms with E-state index in [0.717, 1.165) is 17.8 Å². The van der Waals surface area contributed by atoms with Crippen LogP contribution < -0.4 is 4.90 Å². The number of nitrogens with one attached hydrogen (secondary N) is 1. The monoisotopic (exact) mass is 307 g/mol. The molecule has 8 heteroatoms. The van der Waals surface area contributed by atoms with Crippen molar-refractivity contribution in [2.45, 2.75) is 12.7 Å². The molecule has 0 saturated carbocycles. The second kappa shape index (κ2) is 5.28. The minimum absolute atomic E-state index is 0.303. The Labute approximate surface area is 123 Å². The maximum absolute atomic E-state index is 12.8. The first-order valence-corrected chi connectivity index (χ1v) is 6.46. The van der Waals surface area contributed by atoms with Gasteiger partial charge in [-0.05, 0) is 18.2 Å². The molecule has 0 aliphatic heterocycles. The van der Waals surface area contributed by atoms with Gasteiger partial charge >= 0.3 is 6.18 Å². The zero-order valence-corrected chi connectivity index (χ0v) is 11.6. The summed E-state index contributed by atoms with van der Waals surface area (Å²) in [4.78, 5) is 9.94. The predicted octanol–water partition coefficient (Wildman–Crippen LogP) is 3.01. The quantitative estimate of drug-likeness (QED) is 0.808.